The van der Waals surface area contributed by atoms with E-state index >= 15 is 0 Å². The predicted octanol–water partition coefficient (Wildman–Crippen LogP) is 4.61. The number of nitrogens with one attached hydrogen (secondary N) is 1. The zero-order chi connectivity index (χ0) is 20.9. The summed E-state index contributed by atoms with van der Waals surface area (Å²) in [5.74, 6) is 1.88. The molecule has 0 spiro atoms. The first-order valence-corrected chi connectivity index (χ1v) is 11.2. The second kappa shape index (κ2) is 9.45. The lowest BCUT2D eigenvalue weighted by molar-refractivity contribution is 0.0906. The molecule has 3 heterocycles. The van der Waals surface area contributed by atoms with Crippen LogP contribution in [0, 0.1) is 5.92 Å². The van der Waals surface area contributed by atoms with Crippen molar-refractivity contribution in [1.82, 2.24) is 15.4 Å². The lowest BCUT2D eigenvalue weighted by atomic mass is 9.97. The number of rotatable bonds is 7. The number of carbonyl (C=O) groups excluding carboxylic acids is 1. The smallest absolute Gasteiger partial charge is 0.273 e. The number of aromatic nitrogens is 1. The van der Waals surface area contributed by atoms with Crippen molar-refractivity contribution in [2.75, 3.05) is 26.7 Å². The van der Waals surface area contributed by atoms with Crippen LogP contribution in [-0.2, 0) is 0 Å². The molecule has 2 aromatic heterocycles. The maximum absolute atomic E-state index is 12.7. The van der Waals surface area contributed by atoms with E-state index < -0.39 is 0 Å². The highest BCUT2D eigenvalue weighted by atomic mass is 32.1. The van der Waals surface area contributed by atoms with Crippen LogP contribution in [0.5, 0.6) is 5.75 Å². The van der Waals surface area contributed by atoms with E-state index in [0.29, 0.717) is 12.3 Å². The topological polar surface area (TPSA) is 67.6 Å². The van der Waals surface area contributed by atoms with Crippen LogP contribution in [0.15, 0.2) is 52.4 Å². The largest absolute Gasteiger partial charge is 0.497 e. The minimum Gasteiger partial charge on any atom is -0.497 e. The normalized spacial score (nSPS) is 16.3. The van der Waals surface area contributed by atoms with Crippen molar-refractivity contribution < 1.29 is 14.1 Å². The van der Waals surface area contributed by atoms with Gasteiger partial charge >= 0.3 is 0 Å². The van der Waals surface area contributed by atoms with Crippen LogP contribution in [0.1, 0.15) is 41.2 Å². The number of likely N-dealkylation sites (tertiary alicyclic amines) is 1. The molecule has 1 aliphatic heterocycles. The molecule has 158 valence electrons. The van der Waals surface area contributed by atoms with Crippen LogP contribution in [0.25, 0.3) is 11.3 Å². The van der Waals surface area contributed by atoms with Crippen molar-refractivity contribution in [2.45, 2.75) is 25.8 Å². The second-order valence-corrected chi connectivity index (χ2v) is 8.74. The molecular formula is C23H27N3O3S. The summed E-state index contributed by atoms with van der Waals surface area (Å²) in [5.41, 5.74) is 1.14. The Balaban J connectivity index is 1.41. The van der Waals surface area contributed by atoms with Gasteiger partial charge in [-0.05, 0) is 67.6 Å². The molecule has 1 amide bonds. The van der Waals surface area contributed by atoms with Gasteiger partial charge in [0.2, 0.25) is 0 Å². The van der Waals surface area contributed by atoms with Crippen molar-refractivity contribution in [2.24, 2.45) is 5.92 Å². The Morgan fingerprint density at radius 2 is 2.07 bits per heavy atom. The lowest BCUT2D eigenvalue weighted by Crippen LogP contribution is -2.41. The highest BCUT2D eigenvalue weighted by Crippen LogP contribution is 2.29. The molecule has 3 aromatic rings. The standard InChI is InChI=1S/C23H27N3O3S/c1-16-9-11-26(12-10-16)20(22-4-3-13-30-22)15-24-23(27)19-14-21(29-25-19)17-5-7-18(28-2)8-6-17/h3-8,13-14,16,20H,9-12,15H2,1-2H3,(H,24,27)/t20-/m1/s1. The van der Waals surface area contributed by atoms with Gasteiger partial charge in [0.15, 0.2) is 11.5 Å². The number of ether oxygens (including phenoxy) is 1. The minimum absolute atomic E-state index is 0.189. The number of thiophene rings is 1. The summed E-state index contributed by atoms with van der Waals surface area (Å²) in [6.45, 7) is 4.99. The molecule has 1 saturated heterocycles. The zero-order valence-electron chi connectivity index (χ0n) is 17.3. The molecule has 1 N–H and O–H groups in total. The van der Waals surface area contributed by atoms with Gasteiger partial charge in [0.05, 0.1) is 13.2 Å². The third-order valence-corrected chi connectivity index (χ3v) is 6.68. The Kier molecular flexibility index (Phi) is 6.50. The molecule has 0 unspecified atom stereocenters. The molecule has 0 saturated carbocycles. The van der Waals surface area contributed by atoms with Crippen molar-refractivity contribution in [3.05, 3.63) is 58.4 Å². The number of methoxy groups -OCH3 is 1. The number of piperidine rings is 1. The molecule has 1 aliphatic rings. The van der Waals surface area contributed by atoms with Crippen molar-refractivity contribution in [3.63, 3.8) is 0 Å². The van der Waals surface area contributed by atoms with Crippen LogP contribution in [0.3, 0.4) is 0 Å². The van der Waals surface area contributed by atoms with Gasteiger partial charge in [-0.2, -0.15) is 0 Å². The number of benzene rings is 1. The number of hydrogen-bond donors (Lipinski definition) is 1. The quantitative estimate of drug-likeness (QED) is 0.598. The molecule has 1 atom stereocenters. The van der Waals surface area contributed by atoms with E-state index in [0.717, 1.165) is 30.3 Å². The Morgan fingerprint density at radius 1 is 1.30 bits per heavy atom. The SMILES string of the molecule is COc1ccc(-c2cc(C(=O)NC[C@H](c3cccs3)N3CCC(C)CC3)no2)cc1. The van der Waals surface area contributed by atoms with Gasteiger partial charge in [-0.15, -0.1) is 11.3 Å². The zero-order valence-corrected chi connectivity index (χ0v) is 18.2. The van der Waals surface area contributed by atoms with Gasteiger partial charge in [0.25, 0.3) is 5.91 Å². The van der Waals surface area contributed by atoms with E-state index in [1.54, 1.807) is 24.5 Å². The number of amides is 1. The molecule has 0 bridgehead atoms. The molecule has 0 radical (unpaired) electrons. The van der Waals surface area contributed by atoms with E-state index in [2.05, 4.69) is 39.8 Å². The van der Waals surface area contributed by atoms with Gasteiger partial charge in [0.1, 0.15) is 5.75 Å². The summed E-state index contributed by atoms with van der Waals surface area (Å²) in [6, 6.07) is 13.5. The van der Waals surface area contributed by atoms with Crippen molar-refractivity contribution in [3.8, 4) is 17.1 Å². The molecule has 6 nitrogen and oxygen atoms in total. The average Bonchev–Trinajstić information content (AvgIpc) is 3.48. The lowest BCUT2D eigenvalue weighted by Gasteiger charge is -2.36. The third kappa shape index (κ3) is 4.74. The van der Waals surface area contributed by atoms with Crippen LogP contribution in [0.2, 0.25) is 0 Å². The maximum atomic E-state index is 12.7. The van der Waals surface area contributed by atoms with Gasteiger partial charge in [0, 0.05) is 23.1 Å². The first-order chi connectivity index (χ1) is 14.6. The molecule has 4 rings (SSSR count). The predicted molar refractivity (Wildman–Crippen MR) is 118 cm³/mol. The fraction of sp³-hybridized carbons (Fsp3) is 0.391. The molecule has 30 heavy (non-hydrogen) atoms. The minimum atomic E-state index is -0.217. The van der Waals surface area contributed by atoms with Gasteiger partial charge < -0.3 is 14.6 Å². The van der Waals surface area contributed by atoms with E-state index in [1.807, 2.05) is 24.3 Å². The number of nitrogens with zero attached hydrogens (tertiary/aromatic N) is 2. The molecule has 1 aromatic carbocycles. The second-order valence-electron chi connectivity index (χ2n) is 7.76. The summed E-state index contributed by atoms with van der Waals surface area (Å²) in [7, 11) is 1.62. The summed E-state index contributed by atoms with van der Waals surface area (Å²) < 4.78 is 10.6. The van der Waals surface area contributed by atoms with Crippen LogP contribution in [0.4, 0.5) is 0 Å². The molecule has 1 fully saturated rings. The Morgan fingerprint density at radius 3 is 2.73 bits per heavy atom. The third-order valence-electron chi connectivity index (χ3n) is 5.70. The van der Waals surface area contributed by atoms with Crippen molar-refractivity contribution in [1.29, 1.82) is 0 Å². The molecule has 0 aliphatic carbocycles. The van der Waals surface area contributed by atoms with E-state index in [4.69, 9.17) is 9.26 Å². The number of carbonyl (C=O) groups is 1. The fourth-order valence-electron chi connectivity index (χ4n) is 3.78. The van der Waals surface area contributed by atoms with E-state index in [-0.39, 0.29) is 17.6 Å². The van der Waals surface area contributed by atoms with E-state index in [9.17, 15) is 4.79 Å². The highest BCUT2D eigenvalue weighted by molar-refractivity contribution is 7.10. The Labute approximate surface area is 180 Å². The summed E-state index contributed by atoms with van der Waals surface area (Å²) in [5, 5.41) is 9.12. The van der Waals surface area contributed by atoms with Crippen LogP contribution in [-0.4, -0.2) is 42.7 Å². The first kappa shape index (κ1) is 20.6. The van der Waals surface area contributed by atoms with Crippen LogP contribution >= 0.6 is 11.3 Å². The maximum Gasteiger partial charge on any atom is 0.273 e. The summed E-state index contributed by atoms with van der Waals surface area (Å²) in [6.07, 6.45) is 2.40. The van der Waals surface area contributed by atoms with Gasteiger partial charge in [-0.1, -0.05) is 18.1 Å². The first-order valence-electron chi connectivity index (χ1n) is 10.3. The fourth-order valence-corrected chi connectivity index (χ4v) is 4.65. The average molecular weight is 426 g/mol. The van der Waals surface area contributed by atoms with E-state index in [1.165, 1.54) is 17.7 Å². The van der Waals surface area contributed by atoms with Gasteiger partial charge in [-0.3, -0.25) is 9.69 Å². The van der Waals surface area contributed by atoms with Crippen LogP contribution < -0.4 is 10.1 Å². The monoisotopic (exact) mass is 425 g/mol. The van der Waals surface area contributed by atoms with Crippen molar-refractivity contribution >= 4 is 17.2 Å². The Bertz CT molecular complexity index is 945. The van der Waals surface area contributed by atoms with Gasteiger partial charge in [-0.25, -0.2) is 0 Å². The summed E-state index contributed by atoms with van der Waals surface area (Å²) >= 11 is 1.74. The summed E-state index contributed by atoms with van der Waals surface area (Å²) in [4.78, 5) is 16.5. The Hall–Kier alpha value is -2.64. The number of hydrogen-bond acceptors (Lipinski definition) is 6. The molecular weight excluding hydrogens is 398 g/mol. The highest BCUT2D eigenvalue weighted by Gasteiger charge is 2.26. The molecule has 7 heteroatoms.